The Morgan fingerprint density at radius 2 is 2.29 bits per heavy atom. The SMILES string of the molecule is CCOc1cccc(SC)c1C(=N)N. The number of nitrogen functional groups attached to an aromatic ring is 1. The zero-order valence-electron chi connectivity index (χ0n) is 8.33. The van der Waals surface area contributed by atoms with Crippen LogP contribution in [-0.4, -0.2) is 18.7 Å². The van der Waals surface area contributed by atoms with Crippen molar-refractivity contribution in [3.8, 4) is 5.75 Å². The predicted octanol–water partition coefficient (Wildman–Crippen LogP) is 2.09. The van der Waals surface area contributed by atoms with Crippen LogP contribution in [0.1, 0.15) is 12.5 Å². The maximum absolute atomic E-state index is 7.48. The van der Waals surface area contributed by atoms with Gasteiger partial charge in [0, 0.05) is 4.90 Å². The van der Waals surface area contributed by atoms with Crippen LogP contribution in [0.15, 0.2) is 23.1 Å². The Balaban J connectivity index is 3.20. The fourth-order valence-electron chi connectivity index (χ4n) is 1.22. The maximum Gasteiger partial charge on any atom is 0.131 e. The van der Waals surface area contributed by atoms with Crippen molar-refractivity contribution in [1.82, 2.24) is 0 Å². The highest BCUT2D eigenvalue weighted by Gasteiger charge is 2.10. The van der Waals surface area contributed by atoms with Crippen LogP contribution in [0.25, 0.3) is 0 Å². The Morgan fingerprint density at radius 1 is 1.57 bits per heavy atom. The highest BCUT2D eigenvalue weighted by molar-refractivity contribution is 7.98. The van der Waals surface area contributed by atoms with Gasteiger partial charge in [-0.05, 0) is 25.3 Å². The average Bonchev–Trinajstić information content (AvgIpc) is 2.17. The molecular formula is C10H14N2OS. The largest absolute Gasteiger partial charge is 0.493 e. The summed E-state index contributed by atoms with van der Waals surface area (Å²) in [4.78, 5) is 0.975. The summed E-state index contributed by atoms with van der Waals surface area (Å²) in [6.07, 6.45) is 1.96. The molecule has 1 aromatic carbocycles. The highest BCUT2D eigenvalue weighted by atomic mass is 32.2. The number of hydrogen-bond acceptors (Lipinski definition) is 3. The van der Waals surface area contributed by atoms with Crippen molar-refractivity contribution in [2.75, 3.05) is 12.9 Å². The van der Waals surface area contributed by atoms with E-state index >= 15 is 0 Å². The molecule has 1 aromatic rings. The van der Waals surface area contributed by atoms with Crippen LogP contribution in [0, 0.1) is 5.41 Å². The second kappa shape index (κ2) is 4.91. The van der Waals surface area contributed by atoms with Gasteiger partial charge in [-0.25, -0.2) is 0 Å². The van der Waals surface area contributed by atoms with Gasteiger partial charge in [-0.2, -0.15) is 0 Å². The summed E-state index contributed by atoms with van der Waals surface area (Å²) in [5.74, 6) is 0.741. The quantitative estimate of drug-likeness (QED) is 0.454. The molecule has 4 heteroatoms. The summed E-state index contributed by atoms with van der Waals surface area (Å²) >= 11 is 1.56. The molecule has 0 heterocycles. The Bertz CT molecular complexity index is 339. The molecule has 0 spiro atoms. The van der Waals surface area contributed by atoms with Gasteiger partial charge in [0.15, 0.2) is 0 Å². The molecule has 0 radical (unpaired) electrons. The minimum Gasteiger partial charge on any atom is -0.493 e. The summed E-state index contributed by atoms with van der Waals surface area (Å²) in [6, 6.07) is 5.67. The van der Waals surface area contributed by atoms with Gasteiger partial charge in [-0.1, -0.05) is 6.07 Å². The molecule has 0 aromatic heterocycles. The van der Waals surface area contributed by atoms with Crippen LogP contribution in [0.5, 0.6) is 5.75 Å². The van der Waals surface area contributed by atoms with Gasteiger partial charge in [0.05, 0.1) is 12.2 Å². The molecule has 0 fully saturated rings. The Morgan fingerprint density at radius 3 is 2.79 bits per heavy atom. The first-order chi connectivity index (χ1) is 6.70. The van der Waals surface area contributed by atoms with Crippen LogP contribution in [-0.2, 0) is 0 Å². The Hall–Kier alpha value is -1.16. The van der Waals surface area contributed by atoms with Crippen LogP contribution in [0.3, 0.4) is 0 Å². The van der Waals surface area contributed by atoms with Crippen molar-refractivity contribution in [2.45, 2.75) is 11.8 Å². The van der Waals surface area contributed by atoms with Gasteiger partial charge in [0.2, 0.25) is 0 Å². The van der Waals surface area contributed by atoms with Crippen LogP contribution < -0.4 is 10.5 Å². The number of hydrogen-bond donors (Lipinski definition) is 2. The van der Waals surface area contributed by atoms with E-state index in [0.29, 0.717) is 17.9 Å². The van der Waals surface area contributed by atoms with E-state index in [1.807, 2.05) is 31.4 Å². The molecule has 0 unspecified atom stereocenters. The third kappa shape index (κ3) is 2.20. The van der Waals surface area contributed by atoms with Gasteiger partial charge < -0.3 is 10.5 Å². The monoisotopic (exact) mass is 210 g/mol. The normalized spacial score (nSPS) is 9.86. The molecule has 1 rings (SSSR count). The molecule has 76 valence electrons. The third-order valence-electron chi connectivity index (χ3n) is 1.78. The van der Waals surface area contributed by atoms with E-state index in [1.165, 1.54) is 0 Å². The second-order valence-corrected chi connectivity index (χ2v) is 3.53. The van der Waals surface area contributed by atoms with Gasteiger partial charge in [-0.3, -0.25) is 5.41 Å². The van der Waals surface area contributed by atoms with Crippen molar-refractivity contribution in [2.24, 2.45) is 5.73 Å². The second-order valence-electron chi connectivity index (χ2n) is 2.68. The van der Waals surface area contributed by atoms with Gasteiger partial charge in [-0.15, -0.1) is 11.8 Å². The maximum atomic E-state index is 7.48. The minimum absolute atomic E-state index is 0.0541. The van der Waals surface area contributed by atoms with E-state index in [2.05, 4.69) is 0 Å². The standard InChI is InChI=1S/C10H14N2OS/c1-3-13-7-5-4-6-8(14-2)9(7)10(11)12/h4-6H,3H2,1-2H3,(H3,11,12). The van der Waals surface area contributed by atoms with E-state index in [9.17, 15) is 0 Å². The van der Waals surface area contributed by atoms with E-state index in [-0.39, 0.29) is 5.84 Å². The molecule has 0 bridgehead atoms. The first-order valence-corrected chi connectivity index (χ1v) is 5.57. The zero-order chi connectivity index (χ0) is 10.6. The van der Waals surface area contributed by atoms with Crippen LogP contribution in [0.2, 0.25) is 0 Å². The topological polar surface area (TPSA) is 59.1 Å². The van der Waals surface area contributed by atoms with Crippen molar-refractivity contribution in [3.63, 3.8) is 0 Å². The van der Waals surface area contributed by atoms with E-state index in [1.54, 1.807) is 11.8 Å². The van der Waals surface area contributed by atoms with Crippen molar-refractivity contribution in [1.29, 1.82) is 5.41 Å². The summed E-state index contributed by atoms with van der Waals surface area (Å²) < 4.78 is 5.41. The van der Waals surface area contributed by atoms with Crippen LogP contribution >= 0.6 is 11.8 Å². The van der Waals surface area contributed by atoms with Gasteiger partial charge >= 0.3 is 0 Å². The number of nitrogens with two attached hydrogens (primary N) is 1. The highest BCUT2D eigenvalue weighted by Crippen LogP contribution is 2.28. The van der Waals surface area contributed by atoms with Crippen molar-refractivity contribution < 1.29 is 4.74 Å². The molecule has 0 aliphatic rings. The predicted molar refractivity (Wildman–Crippen MR) is 60.4 cm³/mol. The number of thioether (sulfide) groups is 1. The summed E-state index contributed by atoms with van der Waals surface area (Å²) in [5, 5.41) is 7.48. The number of nitrogens with one attached hydrogen (secondary N) is 1. The van der Waals surface area contributed by atoms with E-state index < -0.39 is 0 Å². The molecule has 0 saturated carbocycles. The summed E-state index contributed by atoms with van der Waals surface area (Å²) in [5.41, 5.74) is 6.21. The number of ether oxygens (including phenoxy) is 1. The van der Waals surface area contributed by atoms with E-state index in [0.717, 1.165) is 4.90 Å². The fraction of sp³-hybridized carbons (Fsp3) is 0.300. The summed E-state index contributed by atoms with van der Waals surface area (Å²) in [6.45, 7) is 2.49. The van der Waals surface area contributed by atoms with Crippen molar-refractivity contribution in [3.05, 3.63) is 23.8 Å². The molecule has 0 aliphatic carbocycles. The molecule has 0 saturated heterocycles. The van der Waals surface area contributed by atoms with E-state index in [4.69, 9.17) is 15.9 Å². The number of benzene rings is 1. The molecular weight excluding hydrogens is 196 g/mol. The van der Waals surface area contributed by atoms with Gasteiger partial charge in [0.1, 0.15) is 11.6 Å². The van der Waals surface area contributed by atoms with Gasteiger partial charge in [0.25, 0.3) is 0 Å². The number of amidine groups is 1. The molecule has 0 aliphatic heterocycles. The lowest BCUT2D eigenvalue weighted by Gasteiger charge is -2.11. The lowest BCUT2D eigenvalue weighted by Crippen LogP contribution is -2.14. The summed E-state index contributed by atoms with van der Waals surface area (Å²) in [7, 11) is 0. The first kappa shape index (κ1) is 10.9. The molecule has 14 heavy (non-hydrogen) atoms. The number of rotatable bonds is 4. The molecule has 3 nitrogen and oxygen atoms in total. The fourth-order valence-corrected chi connectivity index (χ4v) is 1.85. The third-order valence-corrected chi connectivity index (χ3v) is 2.56. The van der Waals surface area contributed by atoms with Crippen molar-refractivity contribution >= 4 is 17.6 Å². The van der Waals surface area contributed by atoms with Crippen LogP contribution in [0.4, 0.5) is 0 Å². The molecule has 0 atom stereocenters. The first-order valence-electron chi connectivity index (χ1n) is 4.34. The lowest BCUT2D eigenvalue weighted by molar-refractivity contribution is 0.338. The smallest absolute Gasteiger partial charge is 0.131 e. The Kier molecular flexibility index (Phi) is 3.83. The Labute approximate surface area is 88.2 Å². The molecule has 0 amide bonds. The zero-order valence-corrected chi connectivity index (χ0v) is 9.15. The molecule has 3 N–H and O–H groups in total. The minimum atomic E-state index is 0.0541. The lowest BCUT2D eigenvalue weighted by atomic mass is 10.2. The average molecular weight is 210 g/mol.